The second-order valence-electron chi connectivity index (χ2n) is 5.91. The van der Waals surface area contributed by atoms with E-state index in [0.717, 1.165) is 31.4 Å². The predicted octanol–water partition coefficient (Wildman–Crippen LogP) is 2.77. The number of sulfone groups is 1. The maximum atomic E-state index is 12.7. The van der Waals surface area contributed by atoms with Crippen LogP contribution in [0.25, 0.3) is 0 Å². The van der Waals surface area contributed by atoms with Crippen LogP contribution in [0, 0.1) is 5.92 Å². The van der Waals surface area contributed by atoms with E-state index in [1.807, 2.05) is 37.3 Å². The van der Waals surface area contributed by atoms with Crippen LogP contribution < -0.4 is 5.32 Å². The van der Waals surface area contributed by atoms with Crippen LogP contribution in [0.1, 0.15) is 38.7 Å². The van der Waals surface area contributed by atoms with Crippen LogP contribution in [-0.4, -0.2) is 26.3 Å². The molecule has 1 saturated carbocycles. The molecule has 0 aliphatic heterocycles. The van der Waals surface area contributed by atoms with Crippen molar-refractivity contribution in [1.29, 1.82) is 0 Å². The van der Waals surface area contributed by atoms with Crippen LogP contribution in [0.4, 0.5) is 0 Å². The van der Waals surface area contributed by atoms with Gasteiger partial charge in [0.2, 0.25) is 0 Å². The Morgan fingerprint density at radius 2 is 1.90 bits per heavy atom. The molecule has 0 aromatic heterocycles. The number of hydrogen-bond donors (Lipinski definition) is 1. The Morgan fingerprint density at radius 3 is 2.55 bits per heavy atom. The van der Waals surface area contributed by atoms with E-state index < -0.39 is 9.84 Å². The van der Waals surface area contributed by atoms with Gasteiger partial charge in [0, 0.05) is 6.04 Å². The molecule has 1 fully saturated rings. The van der Waals surface area contributed by atoms with Crippen molar-refractivity contribution in [2.24, 2.45) is 5.92 Å². The lowest BCUT2D eigenvalue weighted by Crippen LogP contribution is -2.48. The van der Waals surface area contributed by atoms with Crippen molar-refractivity contribution in [2.75, 3.05) is 6.54 Å². The molecular weight excluding hydrogens is 270 g/mol. The fourth-order valence-electron chi connectivity index (χ4n) is 3.13. The van der Waals surface area contributed by atoms with Gasteiger partial charge in [0.15, 0.2) is 9.84 Å². The molecule has 1 aromatic rings. The summed E-state index contributed by atoms with van der Waals surface area (Å²) in [5.74, 6) is 0.660. The highest BCUT2D eigenvalue weighted by Gasteiger charge is 2.37. The summed E-state index contributed by atoms with van der Waals surface area (Å²) < 4.78 is 25.5. The van der Waals surface area contributed by atoms with Crippen LogP contribution in [0.15, 0.2) is 30.3 Å². The van der Waals surface area contributed by atoms with Crippen molar-refractivity contribution in [3.63, 3.8) is 0 Å². The molecule has 0 radical (unpaired) electrons. The highest BCUT2D eigenvalue weighted by atomic mass is 32.2. The normalized spacial score (nSPS) is 27.4. The van der Waals surface area contributed by atoms with Crippen LogP contribution >= 0.6 is 0 Å². The van der Waals surface area contributed by atoms with Crippen molar-refractivity contribution >= 4 is 9.84 Å². The Labute approximate surface area is 122 Å². The molecule has 1 aliphatic rings. The lowest BCUT2D eigenvalue weighted by Gasteiger charge is -2.35. The third kappa shape index (κ3) is 3.83. The maximum absolute atomic E-state index is 12.7. The van der Waals surface area contributed by atoms with Crippen molar-refractivity contribution in [3.8, 4) is 0 Å². The van der Waals surface area contributed by atoms with E-state index >= 15 is 0 Å². The quantitative estimate of drug-likeness (QED) is 0.908. The molecule has 1 N–H and O–H groups in total. The van der Waals surface area contributed by atoms with E-state index in [2.05, 4.69) is 12.2 Å². The number of benzene rings is 1. The first-order valence-corrected chi connectivity index (χ1v) is 9.23. The summed E-state index contributed by atoms with van der Waals surface area (Å²) in [5, 5.41) is 3.12. The van der Waals surface area contributed by atoms with Crippen molar-refractivity contribution in [2.45, 2.75) is 50.2 Å². The zero-order chi connectivity index (χ0) is 14.6. The molecule has 3 unspecified atom stereocenters. The summed E-state index contributed by atoms with van der Waals surface area (Å²) in [6.45, 7) is 5.03. The van der Waals surface area contributed by atoms with E-state index in [1.165, 1.54) is 0 Å². The van der Waals surface area contributed by atoms with Gasteiger partial charge < -0.3 is 5.32 Å². The predicted molar refractivity (Wildman–Crippen MR) is 83.3 cm³/mol. The van der Waals surface area contributed by atoms with Crippen molar-refractivity contribution < 1.29 is 8.42 Å². The van der Waals surface area contributed by atoms with Gasteiger partial charge in [-0.15, -0.1) is 0 Å². The third-order valence-corrected chi connectivity index (χ3v) is 6.37. The Bertz CT molecular complexity index is 513. The van der Waals surface area contributed by atoms with Gasteiger partial charge in [-0.1, -0.05) is 44.2 Å². The van der Waals surface area contributed by atoms with E-state index in [4.69, 9.17) is 0 Å². The van der Waals surface area contributed by atoms with Crippen LogP contribution in [0.3, 0.4) is 0 Å². The lowest BCUT2D eigenvalue weighted by molar-refractivity contribution is 0.311. The number of rotatable bonds is 5. The molecule has 0 bridgehead atoms. The average molecular weight is 295 g/mol. The second-order valence-corrected chi connectivity index (χ2v) is 8.13. The molecule has 20 heavy (non-hydrogen) atoms. The highest BCUT2D eigenvalue weighted by Crippen LogP contribution is 2.30. The van der Waals surface area contributed by atoms with Gasteiger partial charge in [0.05, 0.1) is 11.0 Å². The van der Waals surface area contributed by atoms with Gasteiger partial charge >= 0.3 is 0 Å². The molecule has 1 aliphatic carbocycles. The summed E-state index contributed by atoms with van der Waals surface area (Å²) >= 11 is 0. The largest absolute Gasteiger partial charge is 0.313 e. The summed E-state index contributed by atoms with van der Waals surface area (Å²) in [6, 6.07) is 9.62. The van der Waals surface area contributed by atoms with Gasteiger partial charge in [-0.05, 0) is 37.3 Å². The molecule has 0 spiro atoms. The maximum Gasteiger partial charge on any atom is 0.158 e. The number of hydrogen-bond acceptors (Lipinski definition) is 3. The molecule has 1 aromatic carbocycles. The monoisotopic (exact) mass is 295 g/mol. The van der Waals surface area contributed by atoms with E-state index in [0.29, 0.717) is 5.92 Å². The van der Waals surface area contributed by atoms with Gasteiger partial charge in [-0.2, -0.15) is 0 Å². The first-order chi connectivity index (χ1) is 9.53. The third-order valence-electron chi connectivity index (χ3n) is 4.19. The molecule has 0 saturated heterocycles. The second kappa shape index (κ2) is 6.72. The first-order valence-electron chi connectivity index (χ1n) is 7.51. The smallest absolute Gasteiger partial charge is 0.158 e. The van der Waals surface area contributed by atoms with E-state index in [9.17, 15) is 8.42 Å². The van der Waals surface area contributed by atoms with Crippen LogP contribution in [0.5, 0.6) is 0 Å². The van der Waals surface area contributed by atoms with Gasteiger partial charge in [0.25, 0.3) is 0 Å². The zero-order valence-electron chi connectivity index (χ0n) is 12.4. The van der Waals surface area contributed by atoms with Crippen LogP contribution in [-0.2, 0) is 15.6 Å². The summed E-state index contributed by atoms with van der Waals surface area (Å²) in [6.07, 6.45) is 2.87. The lowest BCUT2D eigenvalue weighted by atomic mass is 9.87. The number of nitrogens with one attached hydrogen (secondary N) is 1. The topological polar surface area (TPSA) is 46.2 Å². The van der Waals surface area contributed by atoms with Crippen LogP contribution in [0.2, 0.25) is 0 Å². The minimum Gasteiger partial charge on any atom is -0.313 e. The fraction of sp³-hybridized carbons (Fsp3) is 0.625. The fourth-order valence-corrected chi connectivity index (χ4v) is 5.36. The minimum absolute atomic E-state index is 0.116. The molecular formula is C16H25NO2S. The molecule has 2 rings (SSSR count). The standard InChI is InChI=1S/C16H25NO2S/c1-3-17-15-10-9-13(2)11-16(15)20(18,19)12-14-7-5-4-6-8-14/h4-8,13,15-17H,3,9-12H2,1-2H3. The zero-order valence-corrected chi connectivity index (χ0v) is 13.2. The summed E-state index contributed by atoms with van der Waals surface area (Å²) in [4.78, 5) is 0. The van der Waals surface area contributed by atoms with Gasteiger partial charge in [0.1, 0.15) is 0 Å². The molecule has 112 valence electrons. The Morgan fingerprint density at radius 1 is 1.20 bits per heavy atom. The summed E-state index contributed by atoms with van der Waals surface area (Å²) in [7, 11) is -3.10. The van der Waals surface area contributed by atoms with Gasteiger partial charge in [-0.3, -0.25) is 0 Å². The minimum atomic E-state index is -3.10. The molecule has 3 nitrogen and oxygen atoms in total. The van der Waals surface area contributed by atoms with E-state index in [-0.39, 0.29) is 17.0 Å². The average Bonchev–Trinajstić information content (AvgIpc) is 2.41. The molecule has 3 atom stereocenters. The first kappa shape index (κ1) is 15.5. The molecule has 4 heteroatoms. The highest BCUT2D eigenvalue weighted by molar-refractivity contribution is 7.91. The van der Waals surface area contributed by atoms with Crippen molar-refractivity contribution in [1.82, 2.24) is 5.32 Å². The van der Waals surface area contributed by atoms with E-state index in [1.54, 1.807) is 0 Å². The van der Waals surface area contributed by atoms with Gasteiger partial charge in [-0.25, -0.2) is 8.42 Å². The molecule has 0 amide bonds. The summed E-state index contributed by atoms with van der Waals surface area (Å²) in [5.41, 5.74) is 0.890. The molecule has 0 heterocycles. The van der Waals surface area contributed by atoms with Crippen molar-refractivity contribution in [3.05, 3.63) is 35.9 Å². The SMILES string of the molecule is CCNC1CCC(C)CC1S(=O)(=O)Cc1ccccc1. The Kier molecular flexibility index (Phi) is 5.22. The Hall–Kier alpha value is -0.870. The Balaban J connectivity index is 2.16.